The maximum atomic E-state index is 12.6. The van der Waals surface area contributed by atoms with E-state index in [2.05, 4.69) is 11.9 Å². The minimum Gasteiger partial charge on any atom is -0.480 e. The molecule has 0 radical (unpaired) electrons. The van der Waals surface area contributed by atoms with Gasteiger partial charge in [-0.15, -0.1) is 11.3 Å². The third-order valence-electron chi connectivity index (χ3n) is 3.83. The van der Waals surface area contributed by atoms with E-state index < -0.39 is 11.9 Å². The van der Waals surface area contributed by atoms with Gasteiger partial charge in [-0.25, -0.2) is 4.98 Å². The van der Waals surface area contributed by atoms with Gasteiger partial charge in [0.1, 0.15) is 11.4 Å². The number of thiophene rings is 1. The first-order valence-electron chi connectivity index (χ1n) is 7.82. The average Bonchev–Trinajstić information content (AvgIpc) is 2.86. The summed E-state index contributed by atoms with van der Waals surface area (Å²) in [5.74, 6) is -1.49. The molecule has 0 saturated heterocycles. The van der Waals surface area contributed by atoms with Gasteiger partial charge in [-0.1, -0.05) is 19.8 Å². The zero-order chi connectivity index (χ0) is 17.9. The molecule has 0 aromatic carbocycles. The topological polar surface area (TPSA) is 92.5 Å². The van der Waals surface area contributed by atoms with Crippen LogP contribution >= 0.6 is 11.3 Å². The van der Waals surface area contributed by atoms with E-state index in [-0.39, 0.29) is 12.1 Å². The Bertz CT molecular complexity index is 825. The Hall–Kier alpha value is -2.22. The summed E-state index contributed by atoms with van der Waals surface area (Å²) in [6.45, 7) is 4.02. The van der Waals surface area contributed by atoms with Crippen LogP contribution in [0.4, 0.5) is 0 Å². The number of aromatic nitrogens is 2. The standard InChI is InChI=1S/C16H21N3O4S/c1-4-5-6-7-19-9-17-14-12(15(19)22)10(2)13(24-14)16(23)18(3)8-11(20)21/h9H,4-8H2,1-3H3,(H,20,21). The molecule has 1 amide bonds. The van der Waals surface area contributed by atoms with Crippen LogP contribution in [0.2, 0.25) is 0 Å². The number of carbonyl (C=O) groups is 2. The molecule has 2 aromatic rings. The zero-order valence-electron chi connectivity index (χ0n) is 14.0. The Morgan fingerprint density at radius 2 is 2.08 bits per heavy atom. The van der Waals surface area contributed by atoms with E-state index in [1.807, 2.05) is 0 Å². The number of carboxylic acid groups (broad SMARTS) is 1. The molecule has 0 atom stereocenters. The number of amides is 1. The Morgan fingerprint density at radius 1 is 1.38 bits per heavy atom. The fourth-order valence-electron chi connectivity index (χ4n) is 2.50. The quantitative estimate of drug-likeness (QED) is 0.771. The van der Waals surface area contributed by atoms with Crippen molar-refractivity contribution in [3.05, 3.63) is 27.1 Å². The fraction of sp³-hybridized carbons (Fsp3) is 0.500. The lowest BCUT2D eigenvalue weighted by molar-refractivity contribution is -0.137. The molecule has 0 bridgehead atoms. The minimum absolute atomic E-state index is 0.148. The van der Waals surface area contributed by atoms with Crippen molar-refractivity contribution < 1.29 is 14.7 Å². The highest BCUT2D eigenvalue weighted by atomic mass is 32.1. The highest BCUT2D eigenvalue weighted by Crippen LogP contribution is 2.27. The number of nitrogens with zero attached hydrogens (tertiary/aromatic N) is 3. The van der Waals surface area contributed by atoms with Gasteiger partial charge >= 0.3 is 5.97 Å². The number of carbonyl (C=O) groups excluding carboxylic acids is 1. The van der Waals surface area contributed by atoms with Crippen LogP contribution in [0.5, 0.6) is 0 Å². The summed E-state index contributed by atoms with van der Waals surface area (Å²) in [7, 11) is 1.43. The van der Waals surface area contributed by atoms with E-state index in [0.717, 1.165) is 35.5 Å². The summed E-state index contributed by atoms with van der Waals surface area (Å²) >= 11 is 1.13. The van der Waals surface area contributed by atoms with Crippen LogP contribution in [-0.2, 0) is 11.3 Å². The molecule has 0 aliphatic carbocycles. The number of aryl methyl sites for hydroxylation is 2. The van der Waals surface area contributed by atoms with Gasteiger partial charge < -0.3 is 10.0 Å². The lowest BCUT2D eigenvalue weighted by Crippen LogP contribution is -2.31. The molecular weight excluding hydrogens is 330 g/mol. The van der Waals surface area contributed by atoms with E-state index in [1.165, 1.54) is 13.4 Å². The number of hydrogen-bond donors (Lipinski definition) is 1. The van der Waals surface area contributed by atoms with Crippen molar-refractivity contribution in [3.63, 3.8) is 0 Å². The number of likely N-dealkylation sites (N-methyl/N-ethyl adjacent to an activating group) is 1. The predicted molar refractivity (Wildman–Crippen MR) is 92.7 cm³/mol. The van der Waals surface area contributed by atoms with Gasteiger partial charge in [0.15, 0.2) is 0 Å². The molecule has 0 aliphatic rings. The van der Waals surface area contributed by atoms with Gasteiger partial charge in [0, 0.05) is 13.6 Å². The molecule has 2 heterocycles. The van der Waals surface area contributed by atoms with Crippen LogP contribution in [0.15, 0.2) is 11.1 Å². The number of rotatable bonds is 7. The number of aliphatic carboxylic acids is 1. The van der Waals surface area contributed by atoms with Gasteiger partial charge in [0.25, 0.3) is 11.5 Å². The highest BCUT2D eigenvalue weighted by molar-refractivity contribution is 7.20. The first kappa shape index (κ1) is 18.1. The molecule has 0 fully saturated rings. The third kappa shape index (κ3) is 3.64. The summed E-state index contributed by atoms with van der Waals surface area (Å²) in [5, 5.41) is 9.27. The first-order valence-corrected chi connectivity index (χ1v) is 8.64. The largest absolute Gasteiger partial charge is 0.480 e. The molecule has 7 nitrogen and oxygen atoms in total. The average molecular weight is 351 g/mol. The summed E-state index contributed by atoms with van der Waals surface area (Å²) in [4.78, 5) is 42.1. The molecule has 0 aliphatic heterocycles. The molecule has 0 unspecified atom stereocenters. The monoisotopic (exact) mass is 351 g/mol. The van der Waals surface area contributed by atoms with Gasteiger partial charge in [-0.05, 0) is 18.9 Å². The second-order valence-electron chi connectivity index (χ2n) is 5.74. The van der Waals surface area contributed by atoms with Crippen LogP contribution in [0.1, 0.15) is 41.4 Å². The Morgan fingerprint density at radius 3 is 2.71 bits per heavy atom. The third-order valence-corrected chi connectivity index (χ3v) is 5.02. The van der Waals surface area contributed by atoms with Gasteiger partial charge in [0.2, 0.25) is 0 Å². The smallest absolute Gasteiger partial charge is 0.323 e. The van der Waals surface area contributed by atoms with Crippen molar-refractivity contribution in [1.29, 1.82) is 0 Å². The summed E-state index contributed by atoms with van der Waals surface area (Å²) in [5.41, 5.74) is 0.421. The SMILES string of the molecule is CCCCCn1cnc2sc(C(=O)N(C)CC(=O)O)c(C)c2c1=O. The number of carboxylic acids is 1. The maximum absolute atomic E-state index is 12.6. The van der Waals surface area contributed by atoms with Crippen molar-refractivity contribution in [2.75, 3.05) is 13.6 Å². The van der Waals surface area contributed by atoms with Crippen molar-refractivity contribution in [3.8, 4) is 0 Å². The van der Waals surface area contributed by atoms with Gasteiger partial charge in [-0.3, -0.25) is 19.0 Å². The van der Waals surface area contributed by atoms with Crippen molar-refractivity contribution in [1.82, 2.24) is 14.5 Å². The van der Waals surface area contributed by atoms with Crippen LogP contribution in [0.25, 0.3) is 10.2 Å². The first-order chi connectivity index (χ1) is 11.4. The molecule has 8 heteroatoms. The Labute approximate surface area is 143 Å². The van der Waals surface area contributed by atoms with E-state index in [4.69, 9.17) is 5.11 Å². The Balaban J connectivity index is 2.40. The summed E-state index contributed by atoms with van der Waals surface area (Å²) in [6, 6.07) is 0. The summed E-state index contributed by atoms with van der Waals surface area (Å²) < 4.78 is 1.58. The van der Waals surface area contributed by atoms with Gasteiger partial charge in [0.05, 0.1) is 16.6 Å². The predicted octanol–water partition coefficient (Wildman–Crippen LogP) is 2.11. The molecule has 0 saturated carbocycles. The molecular formula is C16H21N3O4S. The Kier molecular flexibility index (Phi) is 5.71. The van der Waals surface area contributed by atoms with Crippen molar-refractivity contribution in [2.45, 2.75) is 39.7 Å². The van der Waals surface area contributed by atoms with Crippen molar-refractivity contribution in [2.24, 2.45) is 0 Å². The van der Waals surface area contributed by atoms with E-state index in [1.54, 1.807) is 11.5 Å². The number of hydrogen-bond acceptors (Lipinski definition) is 5. The number of fused-ring (bicyclic) bond motifs is 1. The lowest BCUT2D eigenvalue weighted by Gasteiger charge is -2.13. The second kappa shape index (κ2) is 7.57. The van der Waals surface area contributed by atoms with Crippen LogP contribution in [0, 0.1) is 6.92 Å². The van der Waals surface area contributed by atoms with E-state index >= 15 is 0 Å². The molecule has 130 valence electrons. The molecule has 0 spiro atoms. The minimum atomic E-state index is -1.08. The molecule has 2 rings (SSSR count). The van der Waals surface area contributed by atoms with Gasteiger partial charge in [-0.2, -0.15) is 0 Å². The van der Waals surface area contributed by atoms with E-state index in [9.17, 15) is 14.4 Å². The van der Waals surface area contributed by atoms with Crippen molar-refractivity contribution >= 4 is 33.4 Å². The molecule has 2 aromatic heterocycles. The van der Waals surface area contributed by atoms with Crippen LogP contribution in [-0.4, -0.2) is 45.0 Å². The fourth-order valence-corrected chi connectivity index (χ4v) is 3.64. The normalized spacial score (nSPS) is 11.0. The number of unbranched alkanes of at least 4 members (excludes halogenated alkanes) is 2. The highest BCUT2D eigenvalue weighted by Gasteiger charge is 2.22. The van der Waals surface area contributed by atoms with Crippen LogP contribution < -0.4 is 5.56 Å². The lowest BCUT2D eigenvalue weighted by atomic mass is 10.2. The summed E-state index contributed by atoms with van der Waals surface area (Å²) in [6.07, 6.45) is 4.53. The molecule has 24 heavy (non-hydrogen) atoms. The molecule has 1 N–H and O–H groups in total. The maximum Gasteiger partial charge on any atom is 0.323 e. The van der Waals surface area contributed by atoms with E-state index in [0.29, 0.717) is 27.2 Å². The zero-order valence-corrected chi connectivity index (χ0v) is 14.9. The van der Waals surface area contributed by atoms with Crippen LogP contribution in [0.3, 0.4) is 0 Å². The second-order valence-corrected chi connectivity index (χ2v) is 6.74.